The molecule has 0 spiro atoms. The second-order valence-electron chi connectivity index (χ2n) is 7.90. The molecule has 0 unspecified atom stereocenters. The maximum absolute atomic E-state index is 13.3. The van der Waals surface area contributed by atoms with Gasteiger partial charge >= 0.3 is 0 Å². The number of rotatable bonds is 4. The molecule has 0 N–H and O–H groups in total. The SMILES string of the molecule is Cn1cc(S[C@H]2CCC3=Cc4c(cnn4-c4ccc(F)cc4)C[C@]3(C=O)C2)cn1. The Kier molecular flexibility index (Phi) is 4.42. The normalized spacial score (nSPS) is 23.2. The Labute approximate surface area is 172 Å². The van der Waals surface area contributed by atoms with Crippen LogP contribution in [0.3, 0.4) is 0 Å². The van der Waals surface area contributed by atoms with Crippen LogP contribution < -0.4 is 0 Å². The molecule has 3 aromatic rings. The van der Waals surface area contributed by atoms with Crippen LogP contribution in [-0.2, 0) is 18.3 Å². The van der Waals surface area contributed by atoms with Crippen molar-refractivity contribution >= 4 is 24.1 Å². The minimum atomic E-state index is -0.457. The van der Waals surface area contributed by atoms with Gasteiger partial charge in [-0.1, -0.05) is 5.57 Å². The van der Waals surface area contributed by atoms with E-state index in [1.807, 2.05) is 46.8 Å². The van der Waals surface area contributed by atoms with Crippen molar-refractivity contribution in [1.82, 2.24) is 19.6 Å². The fraction of sp³-hybridized carbons (Fsp3) is 0.318. The molecule has 2 atom stereocenters. The highest BCUT2D eigenvalue weighted by Gasteiger charge is 2.43. The van der Waals surface area contributed by atoms with Gasteiger partial charge in [0.25, 0.3) is 0 Å². The predicted octanol–water partition coefficient (Wildman–Crippen LogP) is 4.21. The first-order valence-electron chi connectivity index (χ1n) is 9.72. The molecule has 5 rings (SSSR count). The van der Waals surface area contributed by atoms with Gasteiger partial charge in [0.2, 0.25) is 0 Å². The first kappa shape index (κ1) is 18.4. The first-order valence-corrected chi connectivity index (χ1v) is 10.6. The average Bonchev–Trinajstić information content (AvgIpc) is 3.32. The van der Waals surface area contributed by atoms with Gasteiger partial charge in [0.1, 0.15) is 12.1 Å². The molecule has 148 valence electrons. The number of aromatic nitrogens is 4. The fourth-order valence-corrected chi connectivity index (χ4v) is 5.82. The molecular formula is C22H21FN4OS. The molecule has 2 aromatic heterocycles. The molecule has 1 saturated carbocycles. The number of allylic oxidation sites excluding steroid dienone is 1. The molecule has 1 fully saturated rings. The number of nitrogens with zero attached hydrogens (tertiary/aromatic N) is 4. The van der Waals surface area contributed by atoms with E-state index in [1.165, 1.54) is 17.7 Å². The highest BCUT2D eigenvalue weighted by atomic mass is 32.2. The summed E-state index contributed by atoms with van der Waals surface area (Å²) >= 11 is 1.81. The third kappa shape index (κ3) is 3.23. The van der Waals surface area contributed by atoms with Crippen LogP contribution in [0.5, 0.6) is 0 Å². The molecule has 2 aliphatic carbocycles. The van der Waals surface area contributed by atoms with Crippen LogP contribution in [0.25, 0.3) is 11.8 Å². The van der Waals surface area contributed by atoms with Crippen molar-refractivity contribution in [1.29, 1.82) is 0 Å². The summed E-state index contributed by atoms with van der Waals surface area (Å²) in [6.07, 6.45) is 12.4. The van der Waals surface area contributed by atoms with Gasteiger partial charge in [-0.2, -0.15) is 10.2 Å². The minimum Gasteiger partial charge on any atom is -0.302 e. The van der Waals surface area contributed by atoms with E-state index in [2.05, 4.69) is 16.3 Å². The van der Waals surface area contributed by atoms with Crippen molar-refractivity contribution < 1.29 is 9.18 Å². The van der Waals surface area contributed by atoms with Crippen LogP contribution in [0.1, 0.15) is 30.5 Å². The highest BCUT2D eigenvalue weighted by molar-refractivity contribution is 8.00. The lowest BCUT2D eigenvalue weighted by atomic mass is 9.65. The summed E-state index contributed by atoms with van der Waals surface area (Å²) in [5.41, 5.74) is 3.62. The molecule has 2 heterocycles. The van der Waals surface area contributed by atoms with Crippen LogP contribution in [0.4, 0.5) is 4.39 Å². The van der Waals surface area contributed by atoms with Crippen molar-refractivity contribution in [2.75, 3.05) is 0 Å². The van der Waals surface area contributed by atoms with Crippen molar-refractivity contribution in [3.63, 3.8) is 0 Å². The van der Waals surface area contributed by atoms with Gasteiger partial charge in [-0.05, 0) is 61.6 Å². The number of thioether (sulfide) groups is 1. The second-order valence-corrected chi connectivity index (χ2v) is 9.27. The van der Waals surface area contributed by atoms with Crippen molar-refractivity contribution in [2.45, 2.75) is 35.8 Å². The van der Waals surface area contributed by atoms with E-state index >= 15 is 0 Å². The monoisotopic (exact) mass is 408 g/mol. The van der Waals surface area contributed by atoms with Crippen LogP contribution in [0.15, 0.2) is 53.3 Å². The maximum atomic E-state index is 13.3. The zero-order valence-electron chi connectivity index (χ0n) is 16.1. The molecule has 0 radical (unpaired) electrons. The predicted molar refractivity (Wildman–Crippen MR) is 110 cm³/mol. The molecule has 29 heavy (non-hydrogen) atoms. The molecule has 2 aliphatic rings. The number of carbonyl (C=O) groups is 1. The standard InChI is InChI=1S/C22H21FN4OS/c1-26-13-20(12-24-26)29-19-7-2-16-8-21-15(9-22(16,10-19)14-28)11-25-27(21)18-5-3-17(23)4-6-18/h3-6,8,11-14,19H,2,7,9-10H2,1H3/t19-,22+/m0/s1. The van der Waals surface area contributed by atoms with Crippen molar-refractivity contribution in [2.24, 2.45) is 12.5 Å². The van der Waals surface area contributed by atoms with Gasteiger partial charge in [0.15, 0.2) is 0 Å². The summed E-state index contributed by atoms with van der Waals surface area (Å²) in [4.78, 5) is 13.5. The third-order valence-electron chi connectivity index (χ3n) is 5.95. The number of carbonyl (C=O) groups excluding carboxylic acids is 1. The van der Waals surface area contributed by atoms with Gasteiger partial charge < -0.3 is 4.79 Å². The quantitative estimate of drug-likeness (QED) is 0.607. The first-order chi connectivity index (χ1) is 14.1. The van der Waals surface area contributed by atoms with E-state index in [9.17, 15) is 9.18 Å². The maximum Gasteiger partial charge on any atom is 0.130 e. The van der Waals surface area contributed by atoms with E-state index in [0.29, 0.717) is 11.7 Å². The fourth-order valence-electron chi connectivity index (χ4n) is 4.50. The number of benzene rings is 1. The molecular weight excluding hydrogens is 387 g/mol. The summed E-state index contributed by atoms with van der Waals surface area (Å²) < 4.78 is 16.9. The van der Waals surface area contributed by atoms with Crippen LogP contribution in [0.2, 0.25) is 0 Å². The topological polar surface area (TPSA) is 52.7 Å². The summed E-state index contributed by atoms with van der Waals surface area (Å²) in [6, 6.07) is 6.33. The van der Waals surface area contributed by atoms with Gasteiger partial charge in [-0.25, -0.2) is 9.07 Å². The Hall–Kier alpha value is -2.67. The van der Waals surface area contributed by atoms with E-state index < -0.39 is 5.41 Å². The zero-order chi connectivity index (χ0) is 20.0. The number of halogens is 1. The number of aldehydes is 1. The lowest BCUT2D eigenvalue weighted by Crippen LogP contribution is -2.37. The van der Waals surface area contributed by atoms with E-state index in [4.69, 9.17) is 0 Å². The molecule has 1 aromatic carbocycles. The summed E-state index contributed by atoms with van der Waals surface area (Å²) in [6.45, 7) is 0. The van der Waals surface area contributed by atoms with E-state index in [-0.39, 0.29) is 5.82 Å². The Morgan fingerprint density at radius 3 is 2.79 bits per heavy atom. The number of fused-ring (bicyclic) bond motifs is 2. The third-order valence-corrected chi connectivity index (χ3v) is 7.17. The minimum absolute atomic E-state index is 0.266. The van der Waals surface area contributed by atoms with Gasteiger partial charge in [-0.3, -0.25) is 4.68 Å². The van der Waals surface area contributed by atoms with Crippen LogP contribution in [0, 0.1) is 11.2 Å². The largest absolute Gasteiger partial charge is 0.302 e. The zero-order valence-corrected chi connectivity index (χ0v) is 16.9. The molecule has 0 aliphatic heterocycles. The molecule has 5 nitrogen and oxygen atoms in total. The van der Waals surface area contributed by atoms with Crippen LogP contribution in [-0.4, -0.2) is 31.1 Å². The summed E-state index contributed by atoms with van der Waals surface area (Å²) in [5, 5.41) is 9.16. The average molecular weight is 409 g/mol. The summed E-state index contributed by atoms with van der Waals surface area (Å²) in [5.74, 6) is -0.266. The Morgan fingerprint density at radius 2 is 2.07 bits per heavy atom. The van der Waals surface area contributed by atoms with Gasteiger partial charge in [0, 0.05) is 23.4 Å². The number of hydrogen-bond acceptors (Lipinski definition) is 4. The Morgan fingerprint density at radius 1 is 1.24 bits per heavy atom. The van der Waals surface area contributed by atoms with E-state index in [0.717, 1.165) is 47.4 Å². The molecule has 0 saturated heterocycles. The summed E-state index contributed by atoms with van der Waals surface area (Å²) in [7, 11) is 1.92. The molecule has 7 heteroatoms. The number of hydrogen-bond donors (Lipinski definition) is 0. The molecule has 0 amide bonds. The second kappa shape index (κ2) is 6.99. The smallest absolute Gasteiger partial charge is 0.130 e. The van der Waals surface area contributed by atoms with Crippen molar-refractivity contribution in [3.05, 3.63) is 65.5 Å². The number of aryl methyl sites for hydroxylation is 1. The van der Waals surface area contributed by atoms with Gasteiger partial charge in [-0.15, -0.1) is 11.8 Å². The van der Waals surface area contributed by atoms with Crippen molar-refractivity contribution in [3.8, 4) is 5.69 Å². The lowest BCUT2D eigenvalue weighted by molar-refractivity contribution is -0.115. The van der Waals surface area contributed by atoms with Gasteiger partial charge in [0.05, 0.1) is 29.2 Å². The lowest BCUT2D eigenvalue weighted by Gasteiger charge is -2.41. The van der Waals surface area contributed by atoms with Crippen LogP contribution >= 0.6 is 11.8 Å². The highest BCUT2D eigenvalue weighted by Crippen LogP contribution is 2.50. The Bertz CT molecular complexity index is 1100. The Balaban J connectivity index is 1.45. The molecule has 0 bridgehead atoms. The van der Waals surface area contributed by atoms with E-state index in [1.54, 1.807) is 12.1 Å².